The van der Waals surface area contributed by atoms with E-state index in [1.165, 1.54) is 32.2 Å². The highest BCUT2D eigenvalue weighted by atomic mass is 14.9. The van der Waals surface area contributed by atoms with E-state index in [2.05, 4.69) is 33.0 Å². The van der Waals surface area contributed by atoms with E-state index < -0.39 is 0 Å². The molecule has 1 aliphatic carbocycles. The van der Waals surface area contributed by atoms with Crippen molar-refractivity contribution in [3.8, 4) is 0 Å². The van der Waals surface area contributed by atoms with Crippen LogP contribution < -0.4 is 11.1 Å². The summed E-state index contributed by atoms with van der Waals surface area (Å²) in [6.07, 6.45) is 5.44. The zero-order chi connectivity index (χ0) is 12.9. The molecule has 0 spiro atoms. The van der Waals surface area contributed by atoms with E-state index >= 15 is 0 Å². The van der Waals surface area contributed by atoms with E-state index in [-0.39, 0.29) is 0 Å². The minimum atomic E-state index is 0.421. The third-order valence-corrected chi connectivity index (χ3v) is 4.66. The molecule has 0 aromatic rings. The predicted octanol–water partition coefficient (Wildman–Crippen LogP) is 3.02. The molecule has 0 saturated heterocycles. The quantitative estimate of drug-likeness (QED) is 0.775. The Morgan fingerprint density at radius 2 is 1.65 bits per heavy atom. The molecule has 1 fully saturated rings. The SMILES string of the molecule is CC(CNCC1CCC(CN)CC1)C(C)(C)C. The maximum absolute atomic E-state index is 5.72. The van der Waals surface area contributed by atoms with Crippen molar-refractivity contribution in [2.45, 2.75) is 53.4 Å². The summed E-state index contributed by atoms with van der Waals surface area (Å²) >= 11 is 0. The number of hydrogen-bond donors (Lipinski definition) is 2. The largest absolute Gasteiger partial charge is 0.330 e. The van der Waals surface area contributed by atoms with Gasteiger partial charge in [0.1, 0.15) is 0 Å². The van der Waals surface area contributed by atoms with E-state index in [9.17, 15) is 0 Å². The molecule has 1 unspecified atom stereocenters. The minimum absolute atomic E-state index is 0.421. The lowest BCUT2D eigenvalue weighted by Gasteiger charge is -2.30. The molecule has 0 aromatic carbocycles. The van der Waals surface area contributed by atoms with Crippen molar-refractivity contribution >= 4 is 0 Å². The van der Waals surface area contributed by atoms with Gasteiger partial charge in [0.05, 0.1) is 0 Å². The molecule has 1 atom stereocenters. The topological polar surface area (TPSA) is 38.0 Å². The molecule has 1 aliphatic rings. The molecule has 0 heterocycles. The van der Waals surface area contributed by atoms with Crippen LogP contribution in [0.3, 0.4) is 0 Å². The smallest absolute Gasteiger partial charge is 0.00180 e. The van der Waals surface area contributed by atoms with Crippen LogP contribution in [0.1, 0.15) is 53.4 Å². The molecular weight excluding hydrogens is 208 g/mol. The third kappa shape index (κ3) is 5.39. The van der Waals surface area contributed by atoms with Gasteiger partial charge in [-0.25, -0.2) is 0 Å². The molecule has 17 heavy (non-hydrogen) atoms. The highest BCUT2D eigenvalue weighted by Crippen LogP contribution is 2.28. The second-order valence-electron chi connectivity index (χ2n) is 7.05. The summed E-state index contributed by atoms with van der Waals surface area (Å²) in [5, 5.41) is 3.66. The Balaban J connectivity index is 2.12. The first-order valence-corrected chi connectivity index (χ1v) is 7.34. The van der Waals surface area contributed by atoms with Crippen LogP contribution in [0, 0.1) is 23.2 Å². The first-order valence-electron chi connectivity index (χ1n) is 7.34. The maximum atomic E-state index is 5.72. The van der Waals surface area contributed by atoms with Gasteiger partial charge in [-0.3, -0.25) is 0 Å². The summed E-state index contributed by atoms with van der Waals surface area (Å²) in [6, 6.07) is 0. The fourth-order valence-electron chi connectivity index (χ4n) is 2.48. The summed E-state index contributed by atoms with van der Waals surface area (Å²) in [5.41, 5.74) is 6.14. The number of hydrogen-bond acceptors (Lipinski definition) is 2. The lowest BCUT2D eigenvalue weighted by molar-refractivity contribution is 0.233. The molecule has 0 aliphatic heterocycles. The van der Waals surface area contributed by atoms with E-state index in [1.807, 2.05) is 0 Å². The van der Waals surface area contributed by atoms with Gasteiger partial charge in [0.25, 0.3) is 0 Å². The predicted molar refractivity (Wildman–Crippen MR) is 76.0 cm³/mol. The normalized spacial score (nSPS) is 28.1. The van der Waals surface area contributed by atoms with Crippen molar-refractivity contribution in [1.82, 2.24) is 5.32 Å². The highest BCUT2D eigenvalue weighted by molar-refractivity contribution is 4.76. The number of nitrogens with one attached hydrogen (secondary N) is 1. The van der Waals surface area contributed by atoms with Crippen LogP contribution in [0.4, 0.5) is 0 Å². The lowest BCUT2D eigenvalue weighted by Crippen LogP contribution is -2.34. The van der Waals surface area contributed by atoms with Crippen LogP contribution in [0.5, 0.6) is 0 Å². The fraction of sp³-hybridized carbons (Fsp3) is 1.00. The Morgan fingerprint density at radius 1 is 1.12 bits per heavy atom. The van der Waals surface area contributed by atoms with Gasteiger partial charge in [0, 0.05) is 0 Å². The molecule has 2 nitrogen and oxygen atoms in total. The molecule has 1 saturated carbocycles. The van der Waals surface area contributed by atoms with Crippen LogP contribution in [0.2, 0.25) is 0 Å². The first kappa shape index (κ1) is 15.0. The molecule has 1 rings (SSSR count). The van der Waals surface area contributed by atoms with E-state index in [0.717, 1.165) is 30.8 Å². The molecule has 0 aromatic heterocycles. The lowest BCUT2D eigenvalue weighted by atomic mass is 9.81. The van der Waals surface area contributed by atoms with Crippen molar-refractivity contribution in [2.75, 3.05) is 19.6 Å². The Hall–Kier alpha value is -0.0800. The monoisotopic (exact) mass is 240 g/mol. The van der Waals surface area contributed by atoms with E-state index in [0.29, 0.717) is 5.41 Å². The van der Waals surface area contributed by atoms with Gasteiger partial charge >= 0.3 is 0 Å². The maximum Gasteiger partial charge on any atom is -0.00180 e. The Kier molecular flexibility index (Phi) is 5.94. The average Bonchev–Trinajstić information content (AvgIpc) is 2.28. The fourth-order valence-corrected chi connectivity index (χ4v) is 2.48. The first-order chi connectivity index (χ1) is 7.93. The van der Waals surface area contributed by atoms with Gasteiger partial charge in [0.2, 0.25) is 0 Å². The van der Waals surface area contributed by atoms with Gasteiger partial charge in [-0.1, -0.05) is 27.7 Å². The van der Waals surface area contributed by atoms with Gasteiger partial charge in [-0.15, -0.1) is 0 Å². The van der Waals surface area contributed by atoms with Gasteiger partial charge < -0.3 is 11.1 Å². The Labute approximate surface area is 108 Å². The number of nitrogens with two attached hydrogens (primary N) is 1. The molecule has 0 amide bonds. The Morgan fingerprint density at radius 3 is 2.12 bits per heavy atom. The van der Waals surface area contributed by atoms with Crippen molar-refractivity contribution in [3.05, 3.63) is 0 Å². The highest BCUT2D eigenvalue weighted by Gasteiger charge is 2.22. The van der Waals surface area contributed by atoms with Gasteiger partial charge in [-0.05, 0) is 68.5 Å². The van der Waals surface area contributed by atoms with Crippen LogP contribution in [0.25, 0.3) is 0 Å². The second-order valence-corrected chi connectivity index (χ2v) is 7.05. The van der Waals surface area contributed by atoms with Crippen molar-refractivity contribution in [3.63, 3.8) is 0 Å². The van der Waals surface area contributed by atoms with Crippen LogP contribution in [-0.4, -0.2) is 19.6 Å². The molecule has 0 radical (unpaired) electrons. The van der Waals surface area contributed by atoms with Crippen molar-refractivity contribution in [1.29, 1.82) is 0 Å². The standard InChI is InChI=1S/C15H32N2/c1-12(15(2,3)4)10-17-11-14-7-5-13(9-16)6-8-14/h12-14,17H,5-11,16H2,1-4H3. The van der Waals surface area contributed by atoms with Gasteiger partial charge in [-0.2, -0.15) is 0 Å². The van der Waals surface area contributed by atoms with Crippen LogP contribution in [-0.2, 0) is 0 Å². The summed E-state index contributed by atoms with van der Waals surface area (Å²) in [5.74, 6) is 2.44. The van der Waals surface area contributed by atoms with Crippen molar-refractivity contribution < 1.29 is 0 Å². The van der Waals surface area contributed by atoms with Crippen LogP contribution in [0.15, 0.2) is 0 Å². The number of rotatable bonds is 5. The van der Waals surface area contributed by atoms with E-state index in [1.54, 1.807) is 0 Å². The zero-order valence-corrected chi connectivity index (χ0v) is 12.3. The molecule has 3 N–H and O–H groups in total. The summed E-state index contributed by atoms with van der Waals surface area (Å²) in [4.78, 5) is 0. The Bertz CT molecular complexity index is 199. The minimum Gasteiger partial charge on any atom is -0.330 e. The van der Waals surface area contributed by atoms with E-state index in [4.69, 9.17) is 5.73 Å². The molecule has 0 bridgehead atoms. The second kappa shape index (κ2) is 6.75. The molecule has 102 valence electrons. The third-order valence-electron chi connectivity index (χ3n) is 4.66. The van der Waals surface area contributed by atoms with Crippen molar-refractivity contribution in [2.24, 2.45) is 28.9 Å². The molecule has 2 heteroatoms. The summed E-state index contributed by atoms with van der Waals surface area (Å²) in [7, 11) is 0. The zero-order valence-electron chi connectivity index (χ0n) is 12.3. The van der Waals surface area contributed by atoms with Gasteiger partial charge in [0.15, 0.2) is 0 Å². The summed E-state index contributed by atoms with van der Waals surface area (Å²) < 4.78 is 0. The molecular formula is C15H32N2. The average molecular weight is 240 g/mol. The summed E-state index contributed by atoms with van der Waals surface area (Å²) in [6.45, 7) is 12.6. The van der Waals surface area contributed by atoms with Crippen LogP contribution >= 0.6 is 0 Å².